The van der Waals surface area contributed by atoms with E-state index in [-0.39, 0.29) is 29.7 Å². The average molecular weight is 368 g/mol. The molecule has 0 aromatic heterocycles. The number of aliphatic carboxylic acids is 1. The summed E-state index contributed by atoms with van der Waals surface area (Å²) < 4.78 is 27.0. The van der Waals surface area contributed by atoms with Crippen molar-refractivity contribution in [2.75, 3.05) is 13.1 Å². The first kappa shape index (κ1) is 19.4. The highest BCUT2D eigenvalue weighted by Crippen LogP contribution is 2.25. The summed E-state index contributed by atoms with van der Waals surface area (Å²) in [6.07, 6.45) is 1.91. The summed E-state index contributed by atoms with van der Waals surface area (Å²) in [5.41, 5.74) is 0. The molecule has 0 saturated carbocycles. The van der Waals surface area contributed by atoms with Gasteiger partial charge in [-0.2, -0.15) is 4.31 Å². The van der Waals surface area contributed by atoms with Gasteiger partial charge in [0.2, 0.25) is 15.9 Å². The van der Waals surface area contributed by atoms with Crippen LogP contribution in [0.25, 0.3) is 0 Å². The molecule has 1 aliphatic rings. The molecule has 0 bridgehead atoms. The molecule has 2 rings (SSSR count). The summed E-state index contributed by atoms with van der Waals surface area (Å²) in [6.45, 7) is 2.24. The number of carbonyl (C=O) groups is 2. The van der Waals surface area contributed by atoms with E-state index in [9.17, 15) is 18.0 Å². The smallest absolute Gasteiger partial charge is 0.303 e. The van der Waals surface area contributed by atoms with Crippen LogP contribution in [-0.2, 0) is 19.6 Å². The lowest BCUT2D eigenvalue weighted by Crippen LogP contribution is -2.52. The third kappa shape index (κ3) is 5.02. The summed E-state index contributed by atoms with van der Waals surface area (Å²) in [5.74, 6) is -1.51. The molecule has 0 aliphatic carbocycles. The third-order valence-corrected chi connectivity index (χ3v) is 6.18. The Hall–Kier alpha value is -1.93. The number of nitrogens with one attached hydrogen (secondary N) is 1. The van der Waals surface area contributed by atoms with Gasteiger partial charge in [0.05, 0.1) is 4.90 Å². The summed E-state index contributed by atoms with van der Waals surface area (Å²) in [6, 6.07) is 7.33. The molecule has 0 spiro atoms. The Morgan fingerprint density at radius 1 is 1.28 bits per heavy atom. The number of rotatable bonds is 7. The fraction of sp³-hybridized carbons (Fsp3) is 0.529. The van der Waals surface area contributed by atoms with Gasteiger partial charge in [-0.15, -0.1) is 0 Å². The number of carboxylic acid groups (broad SMARTS) is 1. The van der Waals surface area contributed by atoms with Crippen molar-refractivity contribution in [3.05, 3.63) is 30.3 Å². The number of carboxylic acids is 1. The van der Waals surface area contributed by atoms with E-state index < -0.39 is 22.0 Å². The lowest BCUT2D eigenvalue weighted by atomic mass is 10.0. The van der Waals surface area contributed by atoms with Crippen LogP contribution in [0.4, 0.5) is 0 Å². The normalized spacial score (nSPS) is 20.0. The van der Waals surface area contributed by atoms with Gasteiger partial charge < -0.3 is 10.4 Å². The van der Waals surface area contributed by atoms with Gasteiger partial charge in [0, 0.05) is 19.5 Å². The molecule has 2 atom stereocenters. The van der Waals surface area contributed by atoms with Crippen LogP contribution >= 0.6 is 0 Å². The molecule has 1 aromatic carbocycles. The highest BCUT2D eigenvalue weighted by atomic mass is 32.2. The van der Waals surface area contributed by atoms with Crippen LogP contribution in [0.2, 0.25) is 0 Å². The van der Waals surface area contributed by atoms with Gasteiger partial charge in [-0.3, -0.25) is 9.59 Å². The van der Waals surface area contributed by atoms with E-state index in [0.717, 1.165) is 6.42 Å². The van der Waals surface area contributed by atoms with Gasteiger partial charge in [0.15, 0.2) is 0 Å². The molecule has 1 saturated heterocycles. The van der Waals surface area contributed by atoms with E-state index in [1.54, 1.807) is 25.1 Å². The van der Waals surface area contributed by atoms with E-state index in [1.165, 1.54) is 16.4 Å². The minimum Gasteiger partial charge on any atom is -0.481 e. The Morgan fingerprint density at radius 3 is 2.60 bits per heavy atom. The zero-order valence-electron chi connectivity index (χ0n) is 14.2. The molecule has 1 heterocycles. The molecule has 7 nitrogen and oxygen atoms in total. The highest BCUT2D eigenvalue weighted by molar-refractivity contribution is 7.89. The number of piperidine rings is 1. The third-order valence-electron chi connectivity index (χ3n) is 4.25. The molecule has 1 aliphatic heterocycles. The van der Waals surface area contributed by atoms with Crippen molar-refractivity contribution in [1.82, 2.24) is 9.62 Å². The van der Waals surface area contributed by atoms with Crippen molar-refractivity contribution < 1.29 is 23.1 Å². The van der Waals surface area contributed by atoms with Gasteiger partial charge in [-0.25, -0.2) is 8.42 Å². The first-order valence-electron chi connectivity index (χ1n) is 8.38. The zero-order valence-corrected chi connectivity index (χ0v) is 15.0. The number of carbonyl (C=O) groups excluding carboxylic acids is 1. The van der Waals surface area contributed by atoms with Gasteiger partial charge >= 0.3 is 5.97 Å². The monoisotopic (exact) mass is 368 g/mol. The fourth-order valence-corrected chi connectivity index (χ4v) is 4.62. The second-order valence-corrected chi connectivity index (χ2v) is 8.28. The second kappa shape index (κ2) is 8.44. The lowest BCUT2D eigenvalue weighted by molar-refractivity contribution is -0.138. The van der Waals surface area contributed by atoms with E-state index in [0.29, 0.717) is 19.4 Å². The molecule has 1 aromatic rings. The van der Waals surface area contributed by atoms with E-state index in [2.05, 4.69) is 5.32 Å². The number of nitrogens with zero attached hydrogens (tertiary/aromatic N) is 1. The topological polar surface area (TPSA) is 104 Å². The SMILES string of the molecule is CC(CNC(=O)C1CCCCN1S(=O)(=O)c1ccccc1)CC(=O)O. The van der Waals surface area contributed by atoms with Crippen molar-refractivity contribution in [3.8, 4) is 0 Å². The van der Waals surface area contributed by atoms with Crippen LogP contribution in [0.3, 0.4) is 0 Å². The molecule has 2 unspecified atom stereocenters. The van der Waals surface area contributed by atoms with Crippen molar-refractivity contribution in [3.63, 3.8) is 0 Å². The summed E-state index contributed by atoms with van der Waals surface area (Å²) in [5, 5.41) is 11.5. The molecular weight excluding hydrogens is 344 g/mol. The number of hydrogen-bond donors (Lipinski definition) is 2. The molecular formula is C17H24N2O5S. The van der Waals surface area contributed by atoms with Crippen LogP contribution in [0.15, 0.2) is 35.2 Å². The van der Waals surface area contributed by atoms with Gasteiger partial charge in [0.1, 0.15) is 6.04 Å². The minimum absolute atomic E-state index is 0.0447. The number of amides is 1. The Bertz CT molecular complexity index is 705. The van der Waals surface area contributed by atoms with Crippen molar-refractivity contribution in [2.24, 2.45) is 5.92 Å². The van der Waals surface area contributed by atoms with E-state index >= 15 is 0 Å². The van der Waals surface area contributed by atoms with Crippen molar-refractivity contribution in [1.29, 1.82) is 0 Å². The quantitative estimate of drug-likeness (QED) is 0.758. The molecule has 138 valence electrons. The van der Waals surface area contributed by atoms with Crippen molar-refractivity contribution >= 4 is 21.9 Å². The zero-order chi connectivity index (χ0) is 18.4. The Morgan fingerprint density at radius 2 is 1.96 bits per heavy atom. The Balaban J connectivity index is 2.10. The molecule has 25 heavy (non-hydrogen) atoms. The largest absolute Gasteiger partial charge is 0.481 e. The minimum atomic E-state index is -3.74. The molecule has 1 fully saturated rings. The molecule has 2 N–H and O–H groups in total. The molecule has 1 amide bonds. The van der Waals surface area contributed by atoms with Gasteiger partial charge in [-0.05, 0) is 30.9 Å². The predicted octanol–water partition coefficient (Wildman–Crippen LogP) is 1.46. The summed E-state index contributed by atoms with van der Waals surface area (Å²) >= 11 is 0. The average Bonchev–Trinajstić information content (AvgIpc) is 2.60. The molecule has 0 radical (unpaired) electrons. The van der Waals surface area contributed by atoms with E-state index in [4.69, 9.17) is 5.11 Å². The van der Waals surface area contributed by atoms with Crippen LogP contribution in [-0.4, -0.2) is 48.8 Å². The van der Waals surface area contributed by atoms with Gasteiger partial charge in [-0.1, -0.05) is 31.5 Å². The maximum Gasteiger partial charge on any atom is 0.303 e. The van der Waals surface area contributed by atoms with Crippen molar-refractivity contribution in [2.45, 2.75) is 43.5 Å². The van der Waals surface area contributed by atoms with Crippen LogP contribution in [0.5, 0.6) is 0 Å². The lowest BCUT2D eigenvalue weighted by Gasteiger charge is -2.33. The maximum atomic E-state index is 12.9. The van der Waals surface area contributed by atoms with E-state index in [1.807, 2.05) is 0 Å². The number of sulfonamides is 1. The maximum absolute atomic E-state index is 12.9. The Labute approximate surface area is 148 Å². The molecule has 8 heteroatoms. The first-order chi connectivity index (χ1) is 11.8. The Kier molecular flexibility index (Phi) is 6.55. The standard InChI is InChI=1S/C17H24N2O5S/c1-13(11-16(20)21)12-18-17(22)15-9-5-6-10-19(15)25(23,24)14-7-3-2-4-8-14/h2-4,7-8,13,15H,5-6,9-12H2,1H3,(H,18,22)(H,20,21). The predicted molar refractivity (Wildman–Crippen MR) is 92.4 cm³/mol. The summed E-state index contributed by atoms with van der Waals surface area (Å²) in [4.78, 5) is 23.4. The second-order valence-electron chi connectivity index (χ2n) is 6.39. The number of hydrogen-bond acceptors (Lipinski definition) is 4. The summed E-state index contributed by atoms with van der Waals surface area (Å²) in [7, 11) is -3.74. The van der Waals surface area contributed by atoms with Crippen LogP contribution < -0.4 is 5.32 Å². The van der Waals surface area contributed by atoms with Crippen LogP contribution in [0.1, 0.15) is 32.6 Å². The first-order valence-corrected chi connectivity index (χ1v) is 9.82. The number of benzene rings is 1. The fourth-order valence-electron chi connectivity index (χ4n) is 2.95. The highest BCUT2D eigenvalue weighted by Gasteiger charge is 2.37. The van der Waals surface area contributed by atoms with Crippen LogP contribution in [0, 0.1) is 5.92 Å². The van der Waals surface area contributed by atoms with Gasteiger partial charge in [0.25, 0.3) is 0 Å².